The lowest BCUT2D eigenvalue weighted by molar-refractivity contribution is -0.112. The summed E-state index contributed by atoms with van der Waals surface area (Å²) in [5, 5.41) is 0. The van der Waals surface area contributed by atoms with Crippen LogP contribution in [0.3, 0.4) is 0 Å². The van der Waals surface area contributed by atoms with E-state index in [9.17, 15) is 9.00 Å². The Morgan fingerprint density at radius 1 is 1.42 bits per heavy atom. The van der Waals surface area contributed by atoms with Crippen molar-refractivity contribution in [3.8, 4) is 0 Å². The van der Waals surface area contributed by atoms with Crippen molar-refractivity contribution in [2.45, 2.75) is 26.7 Å². The van der Waals surface area contributed by atoms with Crippen LogP contribution in [-0.2, 0) is 15.6 Å². The Hall–Kier alpha value is -0.440. The maximum Gasteiger partial charge on any atom is 0.152 e. The molecule has 0 aromatic rings. The molecule has 12 heavy (non-hydrogen) atoms. The highest BCUT2D eigenvalue weighted by Crippen LogP contribution is 1.92. The van der Waals surface area contributed by atoms with Crippen molar-refractivity contribution in [1.82, 2.24) is 0 Å². The Morgan fingerprint density at radius 3 is 2.58 bits per heavy atom. The van der Waals surface area contributed by atoms with Gasteiger partial charge in [-0.15, -0.1) is 0 Å². The van der Waals surface area contributed by atoms with Crippen LogP contribution in [0, 0.1) is 0 Å². The molecule has 0 fully saturated rings. The first kappa shape index (κ1) is 11.6. The minimum atomic E-state index is -0.697. The number of carbonyl (C=O) groups excluding carboxylic acids is 1. The molecule has 3 heteroatoms. The molecular formula is C9H16O2S. The molecule has 0 bridgehead atoms. The highest BCUT2D eigenvalue weighted by Gasteiger charge is 1.94. The topological polar surface area (TPSA) is 34.1 Å². The fourth-order valence-electron chi connectivity index (χ4n) is 0.779. The summed E-state index contributed by atoms with van der Waals surface area (Å²) in [5.41, 5.74) is 0. The minimum absolute atomic E-state index is 0.0521. The van der Waals surface area contributed by atoms with Crippen LogP contribution in [0.4, 0.5) is 0 Å². The maximum absolute atomic E-state index is 11.1. The second-order valence-electron chi connectivity index (χ2n) is 2.65. The lowest BCUT2D eigenvalue weighted by Gasteiger charge is -1.95. The highest BCUT2D eigenvalue weighted by molar-refractivity contribution is 7.84. The third-order valence-electron chi connectivity index (χ3n) is 1.30. The van der Waals surface area contributed by atoms with Gasteiger partial charge in [-0.25, -0.2) is 0 Å². The van der Waals surface area contributed by atoms with Gasteiger partial charge in [0.05, 0.1) is 0 Å². The van der Waals surface area contributed by atoms with Crippen LogP contribution >= 0.6 is 0 Å². The van der Waals surface area contributed by atoms with E-state index in [2.05, 4.69) is 0 Å². The van der Waals surface area contributed by atoms with E-state index >= 15 is 0 Å². The zero-order chi connectivity index (χ0) is 9.40. The summed E-state index contributed by atoms with van der Waals surface area (Å²) >= 11 is 0. The predicted octanol–water partition coefficient (Wildman–Crippen LogP) is 1.68. The van der Waals surface area contributed by atoms with Crippen LogP contribution in [0.25, 0.3) is 0 Å². The van der Waals surface area contributed by atoms with Gasteiger partial charge in [0.15, 0.2) is 5.78 Å². The molecule has 0 aromatic heterocycles. The van der Waals surface area contributed by atoms with Crippen LogP contribution < -0.4 is 0 Å². The SMILES string of the molecule is CCCS(=O)CC/C=C/C(C)=O. The third kappa shape index (κ3) is 7.66. The van der Waals surface area contributed by atoms with E-state index in [1.807, 2.05) is 6.92 Å². The summed E-state index contributed by atoms with van der Waals surface area (Å²) in [6.45, 7) is 3.53. The van der Waals surface area contributed by atoms with Crippen LogP contribution in [0.5, 0.6) is 0 Å². The first-order chi connectivity index (χ1) is 5.66. The van der Waals surface area contributed by atoms with Crippen molar-refractivity contribution in [1.29, 1.82) is 0 Å². The molecule has 0 spiro atoms. The molecule has 0 amide bonds. The van der Waals surface area contributed by atoms with E-state index in [4.69, 9.17) is 0 Å². The molecule has 0 aliphatic heterocycles. The summed E-state index contributed by atoms with van der Waals surface area (Å²) in [5.74, 6) is 1.50. The Bertz CT molecular complexity index is 185. The molecule has 0 saturated heterocycles. The molecule has 0 aliphatic carbocycles. The summed E-state index contributed by atoms with van der Waals surface area (Å²) in [6.07, 6.45) is 5.02. The van der Waals surface area contributed by atoms with Gasteiger partial charge in [0.1, 0.15) is 0 Å². The summed E-state index contributed by atoms with van der Waals surface area (Å²) in [4.78, 5) is 10.5. The lowest BCUT2D eigenvalue weighted by atomic mass is 10.3. The summed E-state index contributed by atoms with van der Waals surface area (Å²) in [6, 6.07) is 0. The van der Waals surface area contributed by atoms with E-state index in [1.165, 1.54) is 13.0 Å². The molecule has 1 unspecified atom stereocenters. The van der Waals surface area contributed by atoms with E-state index in [0.717, 1.165) is 18.6 Å². The zero-order valence-electron chi connectivity index (χ0n) is 7.71. The van der Waals surface area contributed by atoms with Gasteiger partial charge >= 0.3 is 0 Å². The average Bonchev–Trinajstić information content (AvgIpc) is 1.98. The van der Waals surface area contributed by atoms with E-state index in [-0.39, 0.29) is 5.78 Å². The Labute approximate surface area is 76.5 Å². The standard InChI is InChI=1S/C9H16O2S/c1-3-7-12(11)8-5-4-6-9(2)10/h4,6H,3,5,7-8H2,1-2H3/b6-4+. The zero-order valence-corrected chi connectivity index (χ0v) is 8.52. The van der Waals surface area contributed by atoms with Gasteiger partial charge in [0, 0.05) is 22.3 Å². The predicted molar refractivity (Wildman–Crippen MR) is 52.6 cm³/mol. The van der Waals surface area contributed by atoms with Gasteiger partial charge in [-0.1, -0.05) is 13.0 Å². The fourth-order valence-corrected chi connectivity index (χ4v) is 1.84. The molecule has 0 radical (unpaired) electrons. The molecule has 2 nitrogen and oxygen atoms in total. The van der Waals surface area contributed by atoms with Crippen molar-refractivity contribution >= 4 is 16.6 Å². The Kier molecular flexibility index (Phi) is 6.96. The van der Waals surface area contributed by atoms with E-state index < -0.39 is 10.8 Å². The van der Waals surface area contributed by atoms with Crippen molar-refractivity contribution in [2.75, 3.05) is 11.5 Å². The van der Waals surface area contributed by atoms with Crippen molar-refractivity contribution in [3.63, 3.8) is 0 Å². The van der Waals surface area contributed by atoms with Crippen LogP contribution in [0.1, 0.15) is 26.7 Å². The molecule has 0 aliphatic rings. The molecule has 1 atom stereocenters. The molecule has 0 N–H and O–H groups in total. The summed E-state index contributed by atoms with van der Waals surface area (Å²) < 4.78 is 11.1. The van der Waals surface area contributed by atoms with Gasteiger partial charge in [0.25, 0.3) is 0 Å². The van der Waals surface area contributed by atoms with Gasteiger partial charge in [-0.3, -0.25) is 9.00 Å². The third-order valence-corrected chi connectivity index (χ3v) is 2.85. The smallest absolute Gasteiger partial charge is 0.152 e. The average molecular weight is 188 g/mol. The highest BCUT2D eigenvalue weighted by atomic mass is 32.2. The lowest BCUT2D eigenvalue weighted by Crippen LogP contribution is -2.00. The number of carbonyl (C=O) groups is 1. The van der Waals surface area contributed by atoms with Gasteiger partial charge in [-0.05, 0) is 25.8 Å². The largest absolute Gasteiger partial charge is 0.295 e. The number of rotatable bonds is 6. The van der Waals surface area contributed by atoms with Crippen LogP contribution in [0.2, 0.25) is 0 Å². The maximum atomic E-state index is 11.1. The molecule has 0 saturated carbocycles. The van der Waals surface area contributed by atoms with Crippen LogP contribution in [-0.4, -0.2) is 21.5 Å². The number of ketones is 1. The quantitative estimate of drug-likeness (QED) is 0.594. The molecule has 0 rings (SSSR count). The second kappa shape index (κ2) is 7.22. The van der Waals surface area contributed by atoms with Gasteiger partial charge < -0.3 is 0 Å². The Balaban J connectivity index is 3.43. The monoisotopic (exact) mass is 188 g/mol. The molecular weight excluding hydrogens is 172 g/mol. The number of hydrogen-bond acceptors (Lipinski definition) is 2. The molecule has 0 heterocycles. The van der Waals surface area contributed by atoms with E-state index in [1.54, 1.807) is 6.08 Å². The van der Waals surface area contributed by atoms with Crippen LogP contribution in [0.15, 0.2) is 12.2 Å². The van der Waals surface area contributed by atoms with Gasteiger partial charge in [0.2, 0.25) is 0 Å². The fraction of sp³-hybridized carbons (Fsp3) is 0.667. The first-order valence-corrected chi connectivity index (χ1v) is 5.67. The Morgan fingerprint density at radius 2 is 2.08 bits per heavy atom. The number of hydrogen-bond donors (Lipinski definition) is 0. The normalized spacial score (nSPS) is 13.5. The number of allylic oxidation sites excluding steroid dienone is 2. The molecule has 70 valence electrons. The van der Waals surface area contributed by atoms with Crippen molar-refractivity contribution < 1.29 is 9.00 Å². The molecule has 0 aromatic carbocycles. The summed E-state index contributed by atoms with van der Waals surface area (Å²) in [7, 11) is -0.697. The van der Waals surface area contributed by atoms with Gasteiger partial charge in [-0.2, -0.15) is 0 Å². The first-order valence-electron chi connectivity index (χ1n) is 4.19. The van der Waals surface area contributed by atoms with E-state index in [0.29, 0.717) is 5.75 Å². The van der Waals surface area contributed by atoms with Crippen molar-refractivity contribution in [3.05, 3.63) is 12.2 Å². The van der Waals surface area contributed by atoms with Crippen molar-refractivity contribution in [2.24, 2.45) is 0 Å². The second-order valence-corrected chi connectivity index (χ2v) is 4.35. The minimum Gasteiger partial charge on any atom is -0.295 e.